The number of rotatable bonds is 3. The van der Waals surface area contributed by atoms with Crippen LogP contribution in [0, 0.1) is 23.2 Å². The molecule has 19 heavy (non-hydrogen) atoms. The van der Waals surface area contributed by atoms with Crippen molar-refractivity contribution in [3.8, 4) is 0 Å². The first-order valence-electron chi connectivity index (χ1n) is 7.25. The molecule has 0 aromatic heterocycles. The molecule has 4 aliphatic carbocycles. The Morgan fingerprint density at radius 1 is 1.00 bits per heavy atom. The van der Waals surface area contributed by atoms with Gasteiger partial charge in [0.1, 0.15) is 5.71 Å². The Hall–Kier alpha value is -1.19. The first-order chi connectivity index (χ1) is 8.98. The fourth-order valence-corrected chi connectivity index (χ4v) is 4.63. The van der Waals surface area contributed by atoms with Gasteiger partial charge in [0, 0.05) is 6.92 Å². The highest BCUT2D eigenvalue weighted by Crippen LogP contribution is 2.60. The van der Waals surface area contributed by atoms with Gasteiger partial charge in [-0.05, 0) is 63.2 Å². The molecule has 0 aromatic rings. The fraction of sp³-hybridized carbons (Fsp3) is 0.800. The maximum Gasteiger partial charge on any atom is 0.341 e. The summed E-state index contributed by atoms with van der Waals surface area (Å²) in [5, 5.41) is 3.70. The van der Waals surface area contributed by atoms with Crippen molar-refractivity contribution in [1.82, 2.24) is 0 Å². The normalized spacial score (nSPS) is 40.3. The Kier molecular flexibility index (Phi) is 2.99. The van der Waals surface area contributed by atoms with E-state index in [-0.39, 0.29) is 22.9 Å². The molecule has 0 saturated heterocycles. The molecule has 0 heterocycles. The molecular weight excluding hydrogens is 242 g/mol. The molecule has 0 spiro atoms. The number of Topliss-reactive ketones (excluding diaryl/α,β-unsaturated/α-hetero) is 1. The summed E-state index contributed by atoms with van der Waals surface area (Å²) in [6, 6.07) is 0. The van der Waals surface area contributed by atoms with E-state index in [1.54, 1.807) is 6.92 Å². The molecular formula is C15H21NO3. The van der Waals surface area contributed by atoms with E-state index < -0.39 is 0 Å². The number of hydrogen-bond donors (Lipinski definition) is 0. The first-order valence-corrected chi connectivity index (χ1v) is 7.25. The quantitative estimate of drug-likeness (QED) is 0.447. The standard InChI is InChI=1S/C15H21NO3/c1-9(10(2)17)16-19-14(18)15-6-11-3-12(7-15)5-13(4-11)8-15/h11-13H,3-8H2,1-2H3. The van der Waals surface area contributed by atoms with Crippen molar-refractivity contribution in [1.29, 1.82) is 0 Å². The number of hydrogen-bond acceptors (Lipinski definition) is 4. The van der Waals surface area contributed by atoms with E-state index in [9.17, 15) is 9.59 Å². The minimum Gasteiger partial charge on any atom is -0.317 e. The van der Waals surface area contributed by atoms with Gasteiger partial charge in [0.15, 0.2) is 5.78 Å². The second-order valence-electron chi connectivity index (χ2n) is 6.81. The molecule has 0 aromatic carbocycles. The summed E-state index contributed by atoms with van der Waals surface area (Å²) in [5.74, 6) is 1.76. The summed E-state index contributed by atoms with van der Waals surface area (Å²) < 4.78 is 0. The van der Waals surface area contributed by atoms with E-state index in [4.69, 9.17) is 4.84 Å². The summed E-state index contributed by atoms with van der Waals surface area (Å²) in [5.41, 5.74) is -0.0342. The third-order valence-corrected chi connectivity index (χ3v) is 5.25. The molecule has 0 amide bonds. The van der Waals surface area contributed by atoms with Crippen molar-refractivity contribution in [3.63, 3.8) is 0 Å². The molecule has 4 nitrogen and oxygen atoms in total. The second kappa shape index (κ2) is 4.43. The van der Waals surface area contributed by atoms with E-state index >= 15 is 0 Å². The average molecular weight is 263 g/mol. The lowest BCUT2D eigenvalue weighted by Crippen LogP contribution is -2.50. The van der Waals surface area contributed by atoms with Crippen LogP contribution in [0.3, 0.4) is 0 Å². The van der Waals surface area contributed by atoms with Crippen LogP contribution >= 0.6 is 0 Å². The van der Waals surface area contributed by atoms with Crippen molar-refractivity contribution >= 4 is 17.5 Å². The molecule has 0 atom stereocenters. The summed E-state index contributed by atoms with van der Waals surface area (Å²) in [6.07, 6.45) is 6.78. The van der Waals surface area contributed by atoms with Crippen LogP contribution in [-0.4, -0.2) is 17.5 Å². The van der Waals surface area contributed by atoms with Crippen LogP contribution in [-0.2, 0) is 14.4 Å². The Morgan fingerprint density at radius 2 is 1.47 bits per heavy atom. The van der Waals surface area contributed by atoms with Gasteiger partial charge in [-0.1, -0.05) is 5.16 Å². The lowest BCUT2D eigenvalue weighted by molar-refractivity contribution is -0.171. The minimum absolute atomic E-state index is 0.154. The Morgan fingerprint density at radius 3 is 1.89 bits per heavy atom. The minimum atomic E-state index is -0.296. The molecule has 104 valence electrons. The van der Waals surface area contributed by atoms with Gasteiger partial charge in [-0.25, -0.2) is 4.79 Å². The van der Waals surface area contributed by atoms with Gasteiger partial charge in [-0.2, -0.15) is 0 Å². The molecule has 0 unspecified atom stereocenters. The van der Waals surface area contributed by atoms with E-state index in [1.807, 2.05) is 0 Å². The van der Waals surface area contributed by atoms with Crippen LogP contribution < -0.4 is 0 Å². The van der Waals surface area contributed by atoms with Crippen molar-refractivity contribution in [2.75, 3.05) is 0 Å². The summed E-state index contributed by atoms with van der Waals surface area (Å²) in [6.45, 7) is 3.01. The SMILES string of the molecule is CC(=O)C(C)=NOC(=O)C12CC3CC(CC(C3)C1)C2. The van der Waals surface area contributed by atoms with Gasteiger partial charge in [-0.15, -0.1) is 0 Å². The highest BCUT2D eigenvalue weighted by Gasteiger charge is 2.55. The predicted molar refractivity (Wildman–Crippen MR) is 70.5 cm³/mol. The summed E-state index contributed by atoms with van der Waals surface area (Å²) in [7, 11) is 0. The fourth-order valence-electron chi connectivity index (χ4n) is 4.63. The van der Waals surface area contributed by atoms with E-state index in [0.29, 0.717) is 17.8 Å². The van der Waals surface area contributed by atoms with E-state index in [0.717, 1.165) is 19.3 Å². The maximum absolute atomic E-state index is 12.4. The third kappa shape index (κ3) is 2.21. The van der Waals surface area contributed by atoms with Gasteiger partial charge < -0.3 is 4.84 Å². The average Bonchev–Trinajstić information content (AvgIpc) is 2.33. The predicted octanol–water partition coefficient (Wildman–Crippen LogP) is 2.71. The van der Waals surface area contributed by atoms with E-state index in [1.165, 1.54) is 26.2 Å². The lowest BCUT2D eigenvalue weighted by Gasteiger charge is -2.54. The molecule has 0 aliphatic heterocycles. The number of carbonyl (C=O) groups excluding carboxylic acids is 2. The molecule has 0 N–H and O–H groups in total. The highest BCUT2D eigenvalue weighted by molar-refractivity contribution is 6.37. The summed E-state index contributed by atoms with van der Waals surface area (Å²) >= 11 is 0. The van der Waals surface area contributed by atoms with Crippen LogP contribution in [0.5, 0.6) is 0 Å². The van der Waals surface area contributed by atoms with Crippen molar-refractivity contribution < 1.29 is 14.4 Å². The topological polar surface area (TPSA) is 55.7 Å². The van der Waals surface area contributed by atoms with Crippen LogP contribution in [0.2, 0.25) is 0 Å². The molecule has 0 radical (unpaired) electrons. The van der Waals surface area contributed by atoms with Crippen LogP contribution in [0.15, 0.2) is 5.16 Å². The molecule has 4 heteroatoms. The largest absolute Gasteiger partial charge is 0.341 e. The number of ketones is 1. The van der Waals surface area contributed by atoms with Gasteiger partial charge in [0.25, 0.3) is 0 Å². The zero-order chi connectivity index (χ0) is 13.6. The monoisotopic (exact) mass is 263 g/mol. The zero-order valence-electron chi connectivity index (χ0n) is 11.6. The van der Waals surface area contributed by atoms with Gasteiger partial charge >= 0.3 is 5.97 Å². The molecule has 4 bridgehead atoms. The Bertz CT molecular complexity index is 417. The van der Waals surface area contributed by atoms with Crippen molar-refractivity contribution in [2.45, 2.75) is 52.4 Å². The van der Waals surface area contributed by atoms with Crippen LogP contribution in [0.4, 0.5) is 0 Å². The number of oxime groups is 1. The van der Waals surface area contributed by atoms with Gasteiger partial charge in [0.05, 0.1) is 5.41 Å². The molecule has 4 rings (SSSR count). The van der Waals surface area contributed by atoms with E-state index in [2.05, 4.69) is 5.16 Å². The van der Waals surface area contributed by atoms with Gasteiger partial charge in [-0.3, -0.25) is 4.79 Å². The lowest BCUT2D eigenvalue weighted by atomic mass is 9.49. The van der Waals surface area contributed by atoms with Crippen LogP contribution in [0.1, 0.15) is 52.4 Å². The zero-order valence-corrected chi connectivity index (χ0v) is 11.6. The Balaban J connectivity index is 1.73. The van der Waals surface area contributed by atoms with Crippen LogP contribution in [0.25, 0.3) is 0 Å². The number of nitrogens with zero attached hydrogens (tertiary/aromatic N) is 1. The molecule has 4 fully saturated rings. The third-order valence-electron chi connectivity index (χ3n) is 5.25. The summed E-state index contributed by atoms with van der Waals surface area (Å²) in [4.78, 5) is 28.5. The van der Waals surface area contributed by atoms with Crippen molar-refractivity contribution in [3.05, 3.63) is 0 Å². The first kappa shape index (κ1) is 12.8. The van der Waals surface area contributed by atoms with Gasteiger partial charge in [0.2, 0.25) is 0 Å². The second-order valence-corrected chi connectivity index (χ2v) is 6.81. The maximum atomic E-state index is 12.4. The smallest absolute Gasteiger partial charge is 0.317 e. The highest BCUT2D eigenvalue weighted by atomic mass is 16.7. The molecule has 4 aliphatic rings. The molecule has 4 saturated carbocycles. The number of carbonyl (C=O) groups is 2. The van der Waals surface area contributed by atoms with Crippen molar-refractivity contribution in [2.24, 2.45) is 28.3 Å². The Labute approximate surface area is 113 Å².